The van der Waals surface area contributed by atoms with E-state index in [1.165, 1.54) is 25.3 Å². The van der Waals surface area contributed by atoms with Gasteiger partial charge in [0.05, 0.1) is 17.6 Å². The van der Waals surface area contributed by atoms with E-state index in [4.69, 9.17) is 4.74 Å². The van der Waals surface area contributed by atoms with Crippen LogP contribution in [0.2, 0.25) is 0 Å². The first-order valence-electron chi connectivity index (χ1n) is 7.12. The van der Waals surface area contributed by atoms with Crippen molar-refractivity contribution in [3.63, 3.8) is 0 Å². The number of nitrogens with zero attached hydrogens (tertiary/aromatic N) is 1. The first-order valence-corrected chi connectivity index (χ1v) is 7.12. The van der Waals surface area contributed by atoms with Crippen LogP contribution in [0.1, 0.15) is 10.4 Å². The Balaban J connectivity index is 1.92. The molecular weight excluding hydrogens is 317 g/mol. The minimum atomic E-state index is -0.543. The monoisotopic (exact) mass is 333 g/mol. The van der Waals surface area contributed by atoms with Crippen LogP contribution in [0.3, 0.4) is 0 Å². The zero-order valence-corrected chi connectivity index (χ0v) is 12.9. The van der Waals surface area contributed by atoms with E-state index in [0.717, 1.165) is 6.07 Å². The summed E-state index contributed by atoms with van der Waals surface area (Å²) in [5, 5.41) is 16.4. The molecule has 0 fully saturated rings. The third kappa shape index (κ3) is 4.19. The van der Waals surface area contributed by atoms with Crippen LogP contribution in [0, 0.1) is 15.9 Å². The summed E-state index contributed by atoms with van der Waals surface area (Å²) in [6, 6.07) is 9.87. The minimum absolute atomic E-state index is 0.0457. The number of benzene rings is 2. The zero-order chi connectivity index (χ0) is 17.5. The number of ether oxygens (including phenoxy) is 1. The summed E-state index contributed by atoms with van der Waals surface area (Å²) in [4.78, 5) is 22.5. The Hall–Kier alpha value is -3.16. The van der Waals surface area contributed by atoms with Crippen LogP contribution in [0.15, 0.2) is 42.5 Å². The molecule has 8 heteroatoms. The Bertz CT molecular complexity index is 752. The highest BCUT2D eigenvalue weighted by molar-refractivity contribution is 5.96. The van der Waals surface area contributed by atoms with Gasteiger partial charge in [-0.25, -0.2) is 4.39 Å². The number of para-hydroxylation sites is 2. The molecule has 0 saturated heterocycles. The van der Waals surface area contributed by atoms with E-state index < -0.39 is 16.6 Å². The lowest BCUT2D eigenvalue weighted by Gasteiger charge is -2.10. The number of nitro benzene ring substituents is 1. The van der Waals surface area contributed by atoms with Gasteiger partial charge in [-0.3, -0.25) is 14.9 Å². The number of carbonyl (C=O) groups excluding carboxylic acids is 1. The molecule has 0 saturated carbocycles. The Labute approximate surface area is 137 Å². The molecule has 2 aromatic carbocycles. The van der Waals surface area contributed by atoms with Gasteiger partial charge < -0.3 is 15.4 Å². The highest BCUT2D eigenvalue weighted by Gasteiger charge is 2.14. The highest BCUT2D eigenvalue weighted by Crippen LogP contribution is 2.22. The van der Waals surface area contributed by atoms with Gasteiger partial charge in [-0.1, -0.05) is 12.1 Å². The number of carbonyl (C=O) groups is 1. The van der Waals surface area contributed by atoms with Crippen molar-refractivity contribution in [1.82, 2.24) is 5.32 Å². The van der Waals surface area contributed by atoms with Gasteiger partial charge in [0, 0.05) is 19.2 Å². The summed E-state index contributed by atoms with van der Waals surface area (Å²) < 4.78 is 18.3. The number of hydrogen-bond donors (Lipinski definition) is 2. The molecule has 0 unspecified atom stereocenters. The molecule has 0 radical (unpaired) electrons. The number of amides is 1. The summed E-state index contributed by atoms with van der Waals surface area (Å²) in [5.41, 5.74) is 0.402. The van der Waals surface area contributed by atoms with Crippen LogP contribution in [-0.4, -0.2) is 31.0 Å². The summed E-state index contributed by atoms with van der Waals surface area (Å²) in [6.07, 6.45) is 0. The van der Waals surface area contributed by atoms with Gasteiger partial charge in [0.25, 0.3) is 11.6 Å². The van der Waals surface area contributed by atoms with Crippen LogP contribution < -0.4 is 15.4 Å². The predicted octanol–water partition coefficient (Wildman–Crippen LogP) is 2.58. The van der Waals surface area contributed by atoms with E-state index in [1.807, 2.05) is 0 Å². The summed E-state index contributed by atoms with van der Waals surface area (Å²) in [7, 11) is 1.39. The predicted molar refractivity (Wildman–Crippen MR) is 86.9 cm³/mol. The number of halogens is 1. The first kappa shape index (κ1) is 17.2. The van der Waals surface area contributed by atoms with Gasteiger partial charge in [0.15, 0.2) is 0 Å². The molecule has 0 aliphatic heterocycles. The lowest BCUT2D eigenvalue weighted by atomic mass is 10.2. The maximum Gasteiger partial charge on any atom is 0.292 e. The summed E-state index contributed by atoms with van der Waals surface area (Å²) >= 11 is 0. The molecule has 0 aliphatic carbocycles. The fourth-order valence-electron chi connectivity index (χ4n) is 2.11. The van der Waals surface area contributed by atoms with Gasteiger partial charge in [-0.05, 0) is 24.3 Å². The smallest absolute Gasteiger partial charge is 0.292 e. The van der Waals surface area contributed by atoms with E-state index >= 15 is 0 Å². The SMILES string of the molecule is COc1ccc(F)cc1C(=O)NCCNc1ccccc1[N+](=O)[O-]. The van der Waals surface area contributed by atoms with E-state index in [9.17, 15) is 19.3 Å². The Morgan fingerprint density at radius 3 is 2.71 bits per heavy atom. The van der Waals surface area contributed by atoms with E-state index in [-0.39, 0.29) is 30.1 Å². The number of hydrogen-bond acceptors (Lipinski definition) is 5. The average molecular weight is 333 g/mol. The molecule has 0 atom stereocenters. The molecule has 1 amide bonds. The molecule has 7 nitrogen and oxygen atoms in total. The van der Waals surface area contributed by atoms with Gasteiger partial charge in [-0.15, -0.1) is 0 Å². The topological polar surface area (TPSA) is 93.5 Å². The normalized spacial score (nSPS) is 10.1. The van der Waals surface area contributed by atoms with Crippen molar-refractivity contribution < 1.29 is 18.8 Å². The van der Waals surface area contributed by atoms with Crippen molar-refractivity contribution in [2.75, 3.05) is 25.5 Å². The van der Waals surface area contributed by atoms with Crippen molar-refractivity contribution in [3.8, 4) is 5.75 Å². The van der Waals surface area contributed by atoms with Crippen LogP contribution >= 0.6 is 0 Å². The first-order chi connectivity index (χ1) is 11.5. The third-order valence-corrected chi connectivity index (χ3v) is 3.23. The number of methoxy groups -OCH3 is 1. The molecule has 0 aromatic heterocycles. The van der Waals surface area contributed by atoms with Gasteiger partial charge in [-0.2, -0.15) is 0 Å². The van der Waals surface area contributed by atoms with Crippen molar-refractivity contribution >= 4 is 17.3 Å². The van der Waals surface area contributed by atoms with Gasteiger partial charge >= 0.3 is 0 Å². The molecule has 2 N–H and O–H groups in total. The lowest BCUT2D eigenvalue weighted by molar-refractivity contribution is -0.384. The highest BCUT2D eigenvalue weighted by atomic mass is 19.1. The minimum Gasteiger partial charge on any atom is -0.496 e. The van der Waals surface area contributed by atoms with Crippen molar-refractivity contribution in [2.24, 2.45) is 0 Å². The molecule has 2 aromatic rings. The second-order valence-corrected chi connectivity index (χ2v) is 4.80. The van der Waals surface area contributed by atoms with Crippen LogP contribution in [0.5, 0.6) is 5.75 Å². The standard InChI is InChI=1S/C16H16FN3O4/c1-24-15-7-6-11(17)10-12(15)16(21)19-9-8-18-13-4-2-3-5-14(13)20(22)23/h2-7,10,18H,8-9H2,1H3,(H,19,21). The van der Waals surface area contributed by atoms with Gasteiger partial charge in [0.1, 0.15) is 17.3 Å². The number of nitrogens with one attached hydrogen (secondary N) is 2. The molecule has 0 aliphatic rings. The third-order valence-electron chi connectivity index (χ3n) is 3.23. The zero-order valence-electron chi connectivity index (χ0n) is 12.9. The molecular formula is C16H16FN3O4. The second-order valence-electron chi connectivity index (χ2n) is 4.80. The Morgan fingerprint density at radius 2 is 2.00 bits per heavy atom. The summed E-state index contributed by atoms with van der Waals surface area (Å²) in [5.74, 6) is -0.768. The van der Waals surface area contributed by atoms with Crippen molar-refractivity contribution in [1.29, 1.82) is 0 Å². The molecule has 126 valence electrons. The second kappa shape index (κ2) is 7.91. The maximum atomic E-state index is 13.3. The quantitative estimate of drug-likeness (QED) is 0.461. The number of nitro groups is 1. The van der Waals surface area contributed by atoms with E-state index in [0.29, 0.717) is 5.69 Å². The average Bonchev–Trinajstić information content (AvgIpc) is 2.58. The fraction of sp³-hybridized carbons (Fsp3) is 0.188. The van der Waals surface area contributed by atoms with Crippen molar-refractivity contribution in [2.45, 2.75) is 0 Å². The molecule has 0 spiro atoms. The summed E-state index contributed by atoms with van der Waals surface area (Å²) in [6.45, 7) is 0.471. The molecule has 0 bridgehead atoms. The molecule has 2 rings (SSSR count). The van der Waals surface area contributed by atoms with E-state index in [1.54, 1.807) is 18.2 Å². The largest absolute Gasteiger partial charge is 0.496 e. The van der Waals surface area contributed by atoms with Crippen LogP contribution in [0.4, 0.5) is 15.8 Å². The van der Waals surface area contributed by atoms with Crippen LogP contribution in [0.25, 0.3) is 0 Å². The molecule has 0 heterocycles. The fourth-order valence-corrected chi connectivity index (χ4v) is 2.11. The number of anilines is 1. The Kier molecular flexibility index (Phi) is 5.67. The maximum absolute atomic E-state index is 13.3. The van der Waals surface area contributed by atoms with E-state index in [2.05, 4.69) is 10.6 Å². The van der Waals surface area contributed by atoms with Gasteiger partial charge in [0.2, 0.25) is 0 Å². The Morgan fingerprint density at radius 1 is 1.25 bits per heavy atom. The van der Waals surface area contributed by atoms with Crippen molar-refractivity contribution in [3.05, 3.63) is 64.0 Å². The number of rotatable bonds is 7. The molecule has 24 heavy (non-hydrogen) atoms. The lowest BCUT2D eigenvalue weighted by Crippen LogP contribution is -2.29. The van der Waals surface area contributed by atoms with Crippen LogP contribution in [-0.2, 0) is 0 Å².